The quantitative estimate of drug-likeness (QED) is 0.632. The topological polar surface area (TPSA) is 105 Å². The van der Waals surface area contributed by atoms with Crippen molar-refractivity contribution in [3.8, 4) is 0 Å². The number of carboxylic acid groups (broad SMARTS) is 1. The number of anilines is 1. The van der Waals surface area contributed by atoms with Crippen LogP contribution >= 0.6 is 0 Å². The molecule has 0 amide bonds. The predicted octanol–water partition coefficient (Wildman–Crippen LogP) is 2.21. The summed E-state index contributed by atoms with van der Waals surface area (Å²) in [4.78, 5) is 25.3. The maximum absolute atomic E-state index is 11.1. The first-order valence-corrected chi connectivity index (χ1v) is 6.56. The lowest BCUT2D eigenvalue weighted by molar-refractivity contribution is -0.385. The number of aromatic nitrogens is 1. The molecule has 0 saturated heterocycles. The smallest absolute Gasteiger partial charge is 0.306 e. The van der Waals surface area contributed by atoms with E-state index in [-0.39, 0.29) is 17.5 Å². The standard InChI is InChI=1S/C13H17N3O4/c1-8-5-12(15-7-11(8)16(19)20)14-6-9-3-2-4-10(9)13(17)18/h5,7,9-10H,2-4,6H2,1H3,(H,14,15)(H,17,18). The molecule has 1 saturated carbocycles. The van der Waals surface area contributed by atoms with Crippen molar-refractivity contribution in [2.75, 3.05) is 11.9 Å². The van der Waals surface area contributed by atoms with Crippen LogP contribution in [0.3, 0.4) is 0 Å². The summed E-state index contributed by atoms with van der Waals surface area (Å²) in [5, 5.41) is 22.9. The van der Waals surface area contributed by atoms with Crippen LogP contribution in [-0.4, -0.2) is 27.5 Å². The van der Waals surface area contributed by atoms with E-state index in [1.165, 1.54) is 6.20 Å². The largest absolute Gasteiger partial charge is 0.481 e. The highest BCUT2D eigenvalue weighted by molar-refractivity contribution is 5.70. The van der Waals surface area contributed by atoms with Gasteiger partial charge in [0.05, 0.1) is 10.8 Å². The Kier molecular flexibility index (Phi) is 4.16. The highest BCUT2D eigenvalue weighted by Crippen LogP contribution is 2.32. The Morgan fingerprint density at radius 1 is 1.60 bits per heavy atom. The number of carboxylic acids is 1. The molecule has 20 heavy (non-hydrogen) atoms. The van der Waals surface area contributed by atoms with Crippen molar-refractivity contribution in [1.82, 2.24) is 4.98 Å². The second-order valence-corrected chi connectivity index (χ2v) is 5.13. The molecule has 0 spiro atoms. The van der Waals surface area contributed by atoms with Crippen LogP contribution in [0.5, 0.6) is 0 Å². The molecule has 0 aliphatic heterocycles. The lowest BCUT2D eigenvalue weighted by Crippen LogP contribution is -2.24. The molecule has 1 heterocycles. The normalized spacial score (nSPS) is 21.6. The van der Waals surface area contributed by atoms with Crippen molar-refractivity contribution in [2.45, 2.75) is 26.2 Å². The molecule has 2 atom stereocenters. The van der Waals surface area contributed by atoms with E-state index in [9.17, 15) is 14.9 Å². The third-order valence-corrected chi connectivity index (χ3v) is 3.80. The third kappa shape index (κ3) is 3.04. The second-order valence-electron chi connectivity index (χ2n) is 5.13. The van der Waals surface area contributed by atoms with Crippen LogP contribution in [0.1, 0.15) is 24.8 Å². The maximum atomic E-state index is 11.1. The second kappa shape index (κ2) is 5.85. The fourth-order valence-corrected chi connectivity index (χ4v) is 2.68. The van der Waals surface area contributed by atoms with E-state index in [1.54, 1.807) is 13.0 Å². The first-order valence-electron chi connectivity index (χ1n) is 6.56. The van der Waals surface area contributed by atoms with Gasteiger partial charge in [-0.25, -0.2) is 4.98 Å². The summed E-state index contributed by atoms with van der Waals surface area (Å²) < 4.78 is 0. The van der Waals surface area contributed by atoms with Crippen LogP contribution in [0.25, 0.3) is 0 Å². The molecule has 0 aromatic carbocycles. The molecule has 108 valence electrons. The van der Waals surface area contributed by atoms with E-state index in [1.807, 2.05) is 0 Å². The Bertz CT molecular complexity index is 532. The summed E-state index contributed by atoms with van der Waals surface area (Å²) in [5.41, 5.74) is 0.522. The minimum Gasteiger partial charge on any atom is -0.481 e. The molecule has 0 radical (unpaired) electrons. The summed E-state index contributed by atoms with van der Waals surface area (Å²) in [6.45, 7) is 2.18. The Hall–Kier alpha value is -2.18. The number of hydrogen-bond donors (Lipinski definition) is 2. The fraction of sp³-hybridized carbons (Fsp3) is 0.538. The van der Waals surface area contributed by atoms with E-state index in [0.29, 0.717) is 24.3 Å². The van der Waals surface area contributed by atoms with Crippen LogP contribution in [0.4, 0.5) is 11.5 Å². The number of carbonyl (C=O) groups is 1. The average Bonchev–Trinajstić information content (AvgIpc) is 2.84. The molecule has 1 aliphatic rings. The van der Waals surface area contributed by atoms with Crippen LogP contribution in [0.2, 0.25) is 0 Å². The molecule has 7 nitrogen and oxygen atoms in total. The summed E-state index contributed by atoms with van der Waals surface area (Å²) in [7, 11) is 0. The molecular weight excluding hydrogens is 262 g/mol. The molecular formula is C13H17N3O4. The zero-order chi connectivity index (χ0) is 14.7. The number of nitrogens with zero attached hydrogens (tertiary/aromatic N) is 2. The first kappa shape index (κ1) is 14.2. The van der Waals surface area contributed by atoms with E-state index in [4.69, 9.17) is 5.11 Å². The fourth-order valence-electron chi connectivity index (χ4n) is 2.68. The molecule has 1 aliphatic carbocycles. The molecule has 0 bridgehead atoms. The molecule has 2 unspecified atom stereocenters. The van der Waals surface area contributed by atoms with Crippen LogP contribution in [-0.2, 0) is 4.79 Å². The average molecular weight is 279 g/mol. The van der Waals surface area contributed by atoms with Gasteiger partial charge < -0.3 is 10.4 Å². The summed E-state index contributed by atoms with van der Waals surface area (Å²) in [6, 6.07) is 1.61. The van der Waals surface area contributed by atoms with E-state index in [2.05, 4.69) is 10.3 Å². The first-order chi connectivity index (χ1) is 9.49. The van der Waals surface area contributed by atoms with Crippen LogP contribution < -0.4 is 5.32 Å². The Balaban J connectivity index is 1.99. The molecule has 1 aromatic rings. The van der Waals surface area contributed by atoms with Crippen molar-refractivity contribution in [2.24, 2.45) is 11.8 Å². The van der Waals surface area contributed by atoms with Gasteiger partial charge in [-0.3, -0.25) is 14.9 Å². The van der Waals surface area contributed by atoms with Gasteiger partial charge in [-0.1, -0.05) is 6.42 Å². The lowest BCUT2D eigenvalue weighted by Gasteiger charge is -2.16. The number of nitrogens with one attached hydrogen (secondary N) is 1. The monoisotopic (exact) mass is 279 g/mol. The Morgan fingerprint density at radius 3 is 2.95 bits per heavy atom. The highest BCUT2D eigenvalue weighted by atomic mass is 16.6. The predicted molar refractivity (Wildman–Crippen MR) is 72.6 cm³/mol. The molecule has 1 aromatic heterocycles. The number of aliphatic carboxylic acids is 1. The van der Waals surface area contributed by atoms with Gasteiger partial charge in [0.15, 0.2) is 0 Å². The van der Waals surface area contributed by atoms with Crippen molar-refractivity contribution < 1.29 is 14.8 Å². The van der Waals surface area contributed by atoms with Crippen molar-refractivity contribution >= 4 is 17.5 Å². The molecule has 7 heteroatoms. The lowest BCUT2D eigenvalue weighted by atomic mass is 9.96. The van der Waals surface area contributed by atoms with Gasteiger partial charge in [0.2, 0.25) is 0 Å². The van der Waals surface area contributed by atoms with Crippen LogP contribution in [0.15, 0.2) is 12.3 Å². The van der Waals surface area contributed by atoms with E-state index >= 15 is 0 Å². The van der Waals surface area contributed by atoms with Gasteiger partial charge in [-0.15, -0.1) is 0 Å². The van der Waals surface area contributed by atoms with Crippen molar-refractivity contribution in [1.29, 1.82) is 0 Å². The molecule has 2 N–H and O–H groups in total. The summed E-state index contributed by atoms with van der Waals surface area (Å²) in [5.74, 6) is -0.419. The maximum Gasteiger partial charge on any atom is 0.306 e. The highest BCUT2D eigenvalue weighted by Gasteiger charge is 2.32. The zero-order valence-electron chi connectivity index (χ0n) is 11.2. The van der Waals surface area contributed by atoms with Gasteiger partial charge >= 0.3 is 5.97 Å². The number of hydrogen-bond acceptors (Lipinski definition) is 5. The third-order valence-electron chi connectivity index (χ3n) is 3.80. The van der Waals surface area contributed by atoms with Crippen LogP contribution in [0, 0.1) is 28.9 Å². The van der Waals surface area contributed by atoms with Gasteiger partial charge in [-0.2, -0.15) is 0 Å². The van der Waals surface area contributed by atoms with Gasteiger partial charge in [-0.05, 0) is 31.7 Å². The summed E-state index contributed by atoms with van der Waals surface area (Å²) in [6.07, 6.45) is 3.75. The minimum atomic E-state index is -0.748. The van der Waals surface area contributed by atoms with Crippen molar-refractivity contribution in [3.05, 3.63) is 27.9 Å². The number of nitro groups is 1. The summed E-state index contributed by atoms with van der Waals surface area (Å²) >= 11 is 0. The van der Waals surface area contributed by atoms with Crippen molar-refractivity contribution in [3.63, 3.8) is 0 Å². The zero-order valence-corrected chi connectivity index (χ0v) is 11.2. The number of aryl methyl sites for hydroxylation is 1. The molecule has 1 fully saturated rings. The van der Waals surface area contributed by atoms with E-state index < -0.39 is 10.9 Å². The number of pyridine rings is 1. The van der Waals surface area contributed by atoms with Gasteiger partial charge in [0.1, 0.15) is 12.0 Å². The number of rotatable bonds is 5. The minimum absolute atomic E-state index is 0.0140. The Morgan fingerprint density at radius 2 is 2.35 bits per heavy atom. The molecule has 2 rings (SSSR count). The Labute approximate surface area is 116 Å². The van der Waals surface area contributed by atoms with Gasteiger partial charge in [0, 0.05) is 12.1 Å². The van der Waals surface area contributed by atoms with Gasteiger partial charge in [0.25, 0.3) is 5.69 Å². The van der Waals surface area contributed by atoms with E-state index in [0.717, 1.165) is 12.8 Å². The SMILES string of the molecule is Cc1cc(NCC2CCCC2C(=O)O)ncc1[N+](=O)[O-].